The van der Waals surface area contributed by atoms with Gasteiger partial charge in [-0.1, -0.05) is 71.6 Å². The van der Waals surface area contributed by atoms with E-state index in [2.05, 4.69) is 18.2 Å². The second kappa shape index (κ2) is 11.0. The minimum atomic E-state index is -4.99. The second-order valence-electron chi connectivity index (χ2n) is 6.56. The first-order chi connectivity index (χ1) is 10.6. The van der Waals surface area contributed by atoms with Crippen molar-refractivity contribution < 1.29 is 28.1 Å². The monoisotopic (exact) mass is 372 g/mol. The van der Waals surface area contributed by atoms with Crippen LogP contribution in [0.5, 0.6) is 0 Å². The molecule has 2 atom stereocenters. The van der Waals surface area contributed by atoms with Gasteiger partial charge in [0.05, 0.1) is 5.16 Å². The largest absolute Gasteiger partial charge is 0.476 e. The van der Waals surface area contributed by atoms with E-state index in [9.17, 15) is 14.0 Å². The molecule has 0 fully saturated rings. The van der Waals surface area contributed by atoms with E-state index in [0.29, 0.717) is 12.8 Å². The molecule has 0 spiro atoms. The highest BCUT2D eigenvalue weighted by Gasteiger charge is 2.47. The highest BCUT2D eigenvalue weighted by Crippen LogP contribution is 2.67. The van der Waals surface area contributed by atoms with Crippen molar-refractivity contribution in [2.45, 2.75) is 96.6 Å². The molecule has 0 amide bonds. The summed E-state index contributed by atoms with van der Waals surface area (Å²) < 4.78 is 27.8. The molecule has 23 heavy (non-hydrogen) atoms. The second-order valence-corrected chi connectivity index (χ2v) is 10.3. The van der Waals surface area contributed by atoms with Gasteiger partial charge < -0.3 is 14.7 Å². The molecule has 0 aromatic rings. The summed E-state index contributed by atoms with van der Waals surface area (Å²) in [5, 5.41) is -1.10. The van der Waals surface area contributed by atoms with E-state index in [1.54, 1.807) is 6.92 Å². The Hall–Kier alpha value is 0.300. The van der Waals surface area contributed by atoms with Gasteiger partial charge in [-0.2, -0.15) is 0 Å². The van der Waals surface area contributed by atoms with Crippen molar-refractivity contribution in [2.24, 2.45) is 0 Å². The Balaban J connectivity index is 4.82. The Labute approximate surface area is 140 Å². The molecule has 0 saturated carbocycles. The maximum absolute atomic E-state index is 12.5. The zero-order chi connectivity index (χ0) is 18.0. The number of hydrogen-bond acceptors (Lipinski definition) is 3. The molecular formula is C15H34O6P2. The average molecular weight is 372 g/mol. The molecule has 2 unspecified atom stereocenters. The summed E-state index contributed by atoms with van der Waals surface area (Å²) in [5.41, 5.74) is 0. The Morgan fingerprint density at radius 1 is 0.783 bits per heavy atom. The van der Waals surface area contributed by atoms with Crippen molar-refractivity contribution in [2.75, 3.05) is 0 Å². The minimum absolute atomic E-state index is 0.439. The van der Waals surface area contributed by atoms with Crippen molar-refractivity contribution in [3.05, 3.63) is 0 Å². The molecule has 0 aliphatic rings. The van der Waals surface area contributed by atoms with Crippen LogP contribution in [-0.2, 0) is 13.4 Å². The van der Waals surface area contributed by atoms with E-state index in [1.165, 1.54) is 0 Å². The lowest BCUT2D eigenvalue weighted by Gasteiger charge is -2.33. The van der Waals surface area contributed by atoms with Crippen LogP contribution in [0, 0.1) is 0 Å². The van der Waals surface area contributed by atoms with Gasteiger partial charge in [-0.25, -0.2) is 8.88 Å². The zero-order valence-electron chi connectivity index (χ0n) is 14.7. The first-order valence-corrected chi connectivity index (χ1v) is 11.8. The highest BCUT2D eigenvalue weighted by atomic mass is 31.3. The van der Waals surface area contributed by atoms with Crippen molar-refractivity contribution in [1.29, 1.82) is 0 Å². The highest BCUT2D eigenvalue weighted by molar-refractivity contribution is 7.64. The molecule has 140 valence electrons. The van der Waals surface area contributed by atoms with Crippen molar-refractivity contribution in [1.82, 2.24) is 0 Å². The zero-order valence-corrected chi connectivity index (χ0v) is 16.5. The van der Waals surface area contributed by atoms with Crippen LogP contribution in [0.1, 0.15) is 91.4 Å². The molecule has 6 nitrogen and oxygen atoms in total. The fourth-order valence-electron chi connectivity index (χ4n) is 2.69. The topological polar surface area (TPSA) is 104 Å². The molecule has 0 saturated heterocycles. The lowest BCUT2D eigenvalue weighted by molar-refractivity contribution is 0.244. The first kappa shape index (κ1) is 23.3. The van der Waals surface area contributed by atoms with Crippen LogP contribution in [0.15, 0.2) is 0 Å². The lowest BCUT2D eigenvalue weighted by atomic mass is 9.95. The van der Waals surface area contributed by atoms with Crippen LogP contribution in [0.4, 0.5) is 0 Å². The van der Waals surface area contributed by atoms with Gasteiger partial charge in [-0.3, -0.25) is 4.57 Å². The average Bonchev–Trinajstić information content (AvgIpc) is 2.40. The minimum Gasteiger partial charge on any atom is -0.324 e. The van der Waals surface area contributed by atoms with E-state index in [4.69, 9.17) is 9.79 Å². The van der Waals surface area contributed by atoms with Crippen molar-refractivity contribution >= 4 is 15.4 Å². The molecule has 3 N–H and O–H groups in total. The third kappa shape index (κ3) is 10.0. The SMILES string of the molecule is CCCCCCCC(C)(CCCCCC)P(=O)(O)OP(=O)(O)O. The number of hydrogen-bond donors (Lipinski definition) is 3. The van der Waals surface area contributed by atoms with Gasteiger partial charge >= 0.3 is 15.4 Å². The fourth-order valence-corrected chi connectivity index (χ4v) is 5.52. The Kier molecular flexibility index (Phi) is 11.2. The standard InChI is InChI=1S/C15H34O6P2/c1-4-6-8-10-12-14-15(3,13-11-9-7-5-2)22(16,17)21-23(18,19)20/h4-14H2,1-3H3,(H,16,17)(H2,18,19,20). The normalized spacial score (nSPS) is 17.7. The molecular weight excluding hydrogens is 338 g/mol. The third-order valence-electron chi connectivity index (χ3n) is 4.29. The van der Waals surface area contributed by atoms with Gasteiger partial charge in [-0.15, -0.1) is 0 Å². The number of rotatable bonds is 14. The van der Waals surface area contributed by atoms with Crippen LogP contribution in [0.2, 0.25) is 0 Å². The summed E-state index contributed by atoms with van der Waals surface area (Å²) in [6, 6.07) is 0. The number of unbranched alkanes of at least 4 members (excludes halogenated alkanes) is 7. The number of phosphoric acid groups is 1. The van der Waals surface area contributed by atoms with E-state index in [-0.39, 0.29) is 0 Å². The van der Waals surface area contributed by atoms with Crippen LogP contribution in [0.3, 0.4) is 0 Å². The molecule has 0 aliphatic carbocycles. The van der Waals surface area contributed by atoms with E-state index < -0.39 is 20.6 Å². The smallest absolute Gasteiger partial charge is 0.324 e. The summed E-state index contributed by atoms with van der Waals surface area (Å²) in [7, 11) is -9.39. The van der Waals surface area contributed by atoms with Gasteiger partial charge in [0.15, 0.2) is 0 Å². The molecule has 0 aromatic heterocycles. The van der Waals surface area contributed by atoms with Gasteiger partial charge in [0, 0.05) is 0 Å². The predicted octanol–water partition coefficient (Wildman–Crippen LogP) is 5.37. The molecule has 0 radical (unpaired) electrons. The predicted molar refractivity (Wildman–Crippen MR) is 93.5 cm³/mol. The van der Waals surface area contributed by atoms with Crippen LogP contribution in [0.25, 0.3) is 0 Å². The van der Waals surface area contributed by atoms with Gasteiger partial charge in [-0.05, 0) is 19.8 Å². The molecule has 0 heterocycles. The molecule has 8 heteroatoms. The van der Waals surface area contributed by atoms with Crippen LogP contribution in [-0.4, -0.2) is 19.8 Å². The fraction of sp³-hybridized carbons (Fsp3) is 1.00. The molecule has 0 aliphatic heterocycles. The van der Waals surface area contributed by atoms with E-state index in [1.807, 2.05) is 0 Å². The Morgan fingerprint density at radius 3 is 1.57 bits per heavy atom. The van der Waals surface area contributed by atoms with Crippen LogP contribution >= 0.6 is 15.4 Å². The van der Waals surface area contributed by atoms with E-state index in [0.717, 1.165) is 57.8 Å². The quantitative estimate of drug-likeness (QED) is 0.280. The third-order valence-corrected chi connectivity index (χ3v) is 7.83. The maximum Gasteiger partial charge on any atom is 0.476 e. The van der Waals surface area contributed by atoms with Gasteiger partial charge in [0.1, 0.15) is 0 Å². The van der Waals surface area contributed by atoms with E-state index >= 15 is 0 Å². The summed E-state index contributed by atoms with van der Waals surface area (Å²) in [6.07, 6.45) is 9.71. The maximum atomic E-state index is 12.5. The summed E-state index contributed by atoms with van der Waals surface area (Å²) in [4.78, 5) is 28.0. The Bertz CT molecular complexity index is 409. The van der Waals surface area contributed by atoms with Crippen LogP contribution < -0.4 is 0 Å². The Morgan fingerprint density at radius 2 is 1.17 bits per heavy atom. The molecule has 0 aromatic carbocycles. The summed E-state index contributed by atoms with van der Waals surface area (Å²) >= 11 is 0. The van der Waals surface area contributed by atoms with Crippen molar-refractivity contribution in [3.63, 3.8) is 0 Å². The van der Waals surface area contributed by atoms with Gasteiger partial charge in [0.25, 0.3) is 0 Å². The summed E-state index contributed by atoms with van der Waals surface area (Å²) in [5.74, 6) is 0. The summed E-state index contributed by atoms with van der Waals surface area (Å²) in [6.45, 7) is 5.82. The molecule has 0 bridgehead atoms. The van der Waals surface area contributed by atoms with Gasteiger partial charge in [0.2, 0.25) is 0 Å². The van der Waals surface area contributed by atoms with Crippen molar-refractivity contribution in [3.8, 4) is 0 Å². The first-order valence-electron chi connectivity index (χ1n) is 8.68. The molecule has 0 rings (SSSR count). The lowest BCUT2D eigenvalue weighted by Crippen LogP contribution is -2.26.